The van der Waals surface area contributed by atoms with Gasteiger partial charge in [-0.15, -0.1) is 0 Å². The quantitative estimate of drug-likeness (QED) is 0.562. The van der Waals surface area contributed by atoms with E-state index >= 15 is 0 Å². The summed E-state index contributed by atoms with van der Waals surface area (Å²) in [5.41, 5.74) is -4.22. The van der Waals surface area contributed by atoms with E-state index < -0.39 is 55.8 Å². The van der Waals surface area contributed by atoms with Gasteiger partial charge in [0.15, 0.2) is 0 Å². The molecule has 0 aromatic heterocycles. The van der Waals surface area contributed by atoms with Crippen LogP contribution in [-0.2, 0) is 21.4 Å². The number of carbonyl (C=O) groups is 1. The van der Waals surface area contributed by atoms with Crippen molar-refractivity contribution in [3.63, 3.8) is 0 Å². The van der Waals surface area contributed by atoms with E-state index in [-0.39, 0.29) is 18.2 Å². The summed E-state index contributed by atoms with van der Waals surface area (Å²) in [6, 6.07) is 5.24. The number of alkyl halides is 3. The number of nitrogens with one attached hydrogen (secondary N) is 2. The molecule has 1 atom stereocenters. The van der Waals surface area contributed by atoms with Crippen LogP contribution in [0.4, 0.5) is 27.6 Å². The molecule has 164 valence electrons. The zero-order valence-electron chi connectivity index (χ0n) is 15.0. The first-order valence-electron chi connectivity index (χ1n) is 7.99. The van der Waals surface area contributed by atoms with Gasteiger partial charge in [-0.3, -0.25) is 4.79 Å². The van der Waals surface area contributed by atoms with Gasteiger partial charge in [-0.25, -0.2) is 21.9 Å². The maximum absolute atomic E-state index is 13.6. The zero-order valence-corrected chi connectivity index (χ0v) is 16.6. The lowest BCUT2D eigenvalue weighted by Gasteiger charge is -2.25. The minimum absolute atomic E-state index is 0.135. The van der Waals surface area contributed by atoms with Gasteiger partial charge in [-0.05, 0) is 31.2 Å². The molecule has 1 amide bonds. The predicted molar refractivity (Wildman–Crippen MR) is 97.1 cm³/mol. The van der Waals surface area contributed by atoms with Gasteiger partial charge in [-0.2, -0.15) is 13.2 Å². The van der Waals surface area contributed by atoms with Crippen LogP contribution < -0.4 is 10.0 Å². The smallest absolute Gasteiger partial charge is 0.373 e. The van der Waals surface area contributed by atoms with Crippen molar-refractivity contribution in [3.05, 3.63) is 58.6 Å². The number of sulfonamides is 1. The van der Waals surface area contributed by atoms with Crippen LogP contribution in [-0.4, -0.2) is 31.2 Å². The summed E-state index contributed by atoms with van der Waals surface area (Å²) in [4.78, 5) is 11.3. The normalized spacial score (nSPS) is 14.3. The van der Waals surface area contributed by atoms with Gasteiger partial charge >= 0.3 is 6.18 Å². The highest BCUT2D eigenvalue weighted by atomic mass is 35.5. The Morgan fingerprint density at radius 2 is 1.77 bits per heavy atom. The topological polar surface area (TPSA) is 95.5 Å². The van der Waals surface area contributed by atoms with Gasteiger partial charge in [0.05, 0.1) is 15.6 Å². The number of aliphatic hydroxyl groups is 1. The molecule has 0 bridgehead atoms. The van der Waals surface area contributed by atoms with E-state index in [4.69, 9.17) is 11.6 Å². The van der Waals surface area contributed by atoms with E-state index in [9.17, 15) is 40.3 Å². The first-order valence-corrected chi connectivity index (χ1v) is 9.85. The Morgan fingerprint density at radius 3 is 2.30 bits per heavy atom. The van der Waals surface area contributed by atoms with E-state index in [0.29, 0.717) is 6.07 Å². The number of hydrogen-bond acceptors (Lipinski definition) is 4. The Bertz CT molecular complexity index is 1070. The number of halogens is 6. The van der Waals surface area contributed by atoms with Crippen LogP contribution >= 0.6 is 11.6 Å². The van der Waals surface area contributed by atoms with E-state index in [1.807, 2.05) is 0 Å². The molecule has 0 aliphatic rings. The summed E-state index contributed by atoms with van der Waals surface area (Å²) < 4.78 is 91.3. The van der Waals surface area contributed by atoms with Crippen LogP contribution in [0.2, 0.25) is 5.02 Å². The molecule has 0 saturated heterocycles. The number of rotatable bonds is 6. The van der Waals surface area contributed by atoms with Crippen LogP contribution in [0.25, 0.3) is 0 Å². The van der Waals surface area contributed by atoms with Crippen molar-refractivity contribution in [1.29, 1.82) is 0 Å². The Kier molecular flexibility index (Phi) is 6.76. The van der Waals surface area contributed by atoms with Gasteiger partial charge in [-0.1, -0.05) is 17.7 Å². The van der Waals surface area contributed by atoms with Crippen LogP contribution in [0, 0.1) is 11.6 Å². The second-order valence-electron chi connectivity index (χ2n) is 6.23. The van der Waals surface area contributed by atoms with Gasteiger partial charge in [0.1, 0.15) is 11.6 Å². The summed E-state index contributed by atoms with van der Waals surface area (Å²) >= 11 is 5.83. The molecule has 0 unspecified atom stereocenters. The summed E-state index contributed by atoms with van der Waals surface area (Å²) in [5, 5.41) is 10.7. The van der Waals surface area contributed by atoms with Crippen molar-refractivity contribution in [3.8, 4) is 0 Å². The lowest BCUT2D eigenvalue weighted by molar-refractivity contribution is -0.242. The highest BCUT2D eigenvalue weighted by molar-refractivity contribution is 7.89. The Hall–Kier alpha value is -2.28. The summed E-state index contributed by atoms with van der Waals surface area (Å²) in [6.07, 6.45) is -5.26. The molecule has 2 aromatic rings. The van der Waals surface area contributed by atoms with E-state index in [1.165, 1.54) is 0 Å². The van der Waals surface area contributed by atoms with Crippen molar-refractivity contribution < 1.29 is 40.3 Å². The fourth-order valence-corrected chi connectivity index (χ4v) is 3.38. The standard InChI is InChI=1S/C17H14ClF5N2O4S/c1-16(27,17(21,22)23)15(26)25-14-5-4-11(7-12(14)18)30(28,29)24-8-9-2-3-10(19)6-13(9)20/h2-7,24,27H,8H2,1H3,(H,25,26)/t16-/m1/s1. The number of amides is 1. The van der Waals surface area contributed by atoms with Crippen molar-refractivity contribution >= 4 is 33.2 Å². The molecule has 0 saturated carbocycles. The second kappa shape index (κ2) is 8.46. The van der Waals surface area contributed by atoms with Gasteiger partial charge in [0, 0.05) is 18.2 Å². The van der Waals surface area contributed by atoms with Gasteiger partial charge in [0.25, 0.3) is 5.91 Å². The second-order valence-corrected chi connectivity index (χ2v) is 8.40. The third kappa shape index (κ3) is 5.25. The molecule has 6 nitrogen and oxygen atoms in total. The molecule has 3 N–H and O–H groups in total. The molecule has 2 rings (SSSR count). The first-order chi connectivity index (χ1) is 13.6. The maximum atomic E-state index is 13.6. The predicted octanol–water partition coefficient (Wildman–Crippen LogP) is 3.35. The number of hydrogen-bond donors (Lipinski definition) is 3. The number of benzene rings is 2. The third-order valence-electron chi connectivity index (χ3n) is 3.96. The summed E-state index contributed by atoms with van der Waals surface area (Å²) in [6.45, 7) is -0.271. The van der Waals surface area contributed by atoms with Gasteiger partial charge in [0.2, 0.25) is 15.6 Å². The molecule has 13 heteroatoms. The molecule has 0 spiro atoms. The summed E-state index contributed by atoms with van der Waals surface area (Å²) in [5.74, 6) is -3.63. The highest BCUT2D eigenvalue weighted by Gasteiger charge is 2.55. The lowest BCUT2D eigenvalue weighted by atomic mass is 10.1. The molecule has 0 radical (unpaired) electrons. The van der Waals surface area contributed by atoms with E-state index in [1.54, 1.807) is 5.32 Å². The summed E-state index contributed by atoms with van der Waals surface area (Å²) in [7, 11) is -4.24. The van der Waals surface area contributed by atoms with E-state index in [2.05, 4.69) is 4.72 Å². The Morgan fingerprint density at radius 1 is 1.13 bits per heavy atom. The van der Waals surface area contributed by atoms with Crippen molar-refractivity contribution in [2.24, 2.45) is 0 Å². The Labute approximate surface area is 172 Å². The first kappa shape index (κ1) is 24.0. The molecule has 30 heavy (non-hydrogen) atoms. The minimum Gasteiger partial charge on any atom is -0.373 e. The molecular weight excluding hydrogens is 459 g/mol. The van der Waals surface area contributed by atoms with Crippen LogP contribution in [0.15, 0.2) is 41.3 Å². The molecule has 0 aliphatic heterocycles. The average Bonchev–Trinajstić information content (AvgIpc) is 2.61. The van der Waals surface area contributed by atoms with Crippen LogP contribution in [0.5, 0.6) is 0 Å². The zero-order chi connectivity index (χ0) is 22.9. The largest absolute Gasteiger partial charge is 0.426 e. The Balaban J connectivity index is 2.18. The molecule has 0 aliphatic carbocycles. The SMILES string of the molecule is C[C@@](O)(C(=O)Nc1ccc(S(=O)(=O)NCc2ccc(F)cc2F)cc1Cl)C(F)(F)F. The van der Waals surface area contributed by atoms with Crippen LogP contribution in [0.3, 0.4) is 0 Å². The number of carbonyl (C=O) groups excluding carboxylic acids is 1. The monoisotopic (exact) mass is 472 g/mol. The molecule has 0 heterocycles. The average molecular weight is 473 g/mol. The van der Waals surface area contributed by atoms with Crippen molar-refractivity contribution in [2.45, 2.75) is 30.1 Å². The van der Waals surface area contributed by atoms with Gasteiger partial charge < -0.3 is 10.4 Å². The van der Waals surface area contributed by atoms with Crippen molar-refractivity contribution in [2.75, 3.05) is 5.32 Å². The highest BCUT2D eigenvalue weighted by Crippen LogP contribution is 2.32. The maximum Gasteiger partial charge on any atom is 0.426 e. The number of anilines is 1. The fraction of sp³-hybridized carbons (Fsp3) is 0.235. The third-order valence-corrected chi connectivity index (χ3v) is 5.67. The molecular formula is C17H14ClF5N2O4S. The van der Waals surface area contributed by atoms with Crippen LogP contribution in [0.1, 0.15) is 12.5 Å². The lowest BCUT2D eigenvalue weighted by Crippen LogP contribution is -2.52. The van der Waals surface area contributed by atoms with E-state index in [0.717, 1.165) is 30.3 Å². The van der Waals surface area contributed by atoms with Crippen molar-refractivity contribution in [1.82, 2.24) is 4.72 Å². The molecule has 2 aromatic carbocycles. The fourth-order valence-electron chi connectivity index (χ4n) is 2.06. The minimum atomic E-state index is -5.26. The molecule has 0 fully saturated rings.